The Kier molecular flexibility index (Phi) is 5.40. The van der Waals surface area contributed by atoms with Gasteiger partial charge < -0.3 is 10.5 Å². The van der Waals surface area contributed by atoms with E-state index in [4.69, 9.17) is 10.5 Å². The predicted molar refractivity (Wildman–Crippen MR) is 83.1 cm³/mol. The first kappa shape index (κ1) is 15.3. The van der Waals surface area contributed by atoms with Crippen LogP contribution in [-0.2, 0) is 0 Å². The fourth-order valence-corrected chi connectivity index (χ4v) is 3.19. The van der Waals surface area contributed by atoms with Crippen molar-refractivity contribution in [2.75, 3.05) is 39.8 Å². The van der Waals surface area contributed by atoms with E-state index in [2.05, 4.69) is 35.8 Å². The van der Waals surface area contributed by atoms with Crippen molar-refractivity contribution in [3.05, 3.63) is 29.8 Å². The zero-order chi connectivity index (χ0) is 14.5. The Morgan fingerprint density at radius 2 is 2.10 bits per heavy atom. The lowest BCUT2D eigenvalue weighted by molar-refractivity contribution is 0.0599. The van der Waals surface area contributed by atoms with Gasteiger partial charge in [0, 0.05) is 37.8 Å². The highest BCUT2D eigenvalue weighted by Gasteiger charge is 2.29. The highest BCUT2D eigenvalue weighted by atomic mass is 16.5. The Balaban J connectivity index is 2.16. The zero-order valence-corrected chi connectivity index (χ0v) is 12.9. The normalized spacial score (nSPS) is 22.7. The molecule has 1 heterocycles. The molecule has 1 aromatic rings. The van der Waals surface area contributed by atoms with Gasteiger partial charge in [-0.25, -0.2) is 0 Å². The van der Waals surface area contributed by atoms with Gasteiger partial charge in [0.2, 0.25) is 0 Å². The molecule has 1 saturated heterocycles. The number of rotatable bonds is 5. The van der Waals surface area contributed by atoms with Gasteiger partial charge in [0.05, 0.1) is 13.2 Å². The number of nitrogens with zero attached hydrogens (tertiary/aromatic N) is 2. The van der Waals surface area contributed by atoms with Crippen molar-refractivity contribution < 1.29 is 4.74 Å². The Morgan fingerprint density at radius 1 is 1.35 bits per heavy atom. The summed E-state index contributed by atoms with van der Waals surface area (Å²) in [6.07, 6.45) is 0. The molecule has 2 rings (SSSR count). The topological polar surface area (TPSA) is 41.7 Å². The standard InChI is InChI=1S/C16H27N3O/c1-4-18-9-10-19(12-13(18)2)15(11-17)14-7-5-6-8-16(14)20-3/h5-8,13,15H,4,9-12,17H2,1-3H3. The molecule has 1 fully saturated rings. The van der Waals surface area contributed by atoms with Gasteiger partial charge in [-0.05, 0) is 19.5 Å². The SMILES string of the molecule is CCN1CCN(C(CN)c2ccccc2OC)CC1C. The molecule has 2 unspecified atom stereocenters. The van der Waals surface area contributed by atoms with Gasteiger partial charge >= 0.3 is 0 Å². The summed E-state index contributed by atoms with van der Waals surface area (Å²) in [5.41, 5.74) is 7.26. The molecule has 20 heavy (non-hydrogen) atoms. The first-order valence-electron chi connectivity index (χ1n) is 7.52. The van der Waals surface area contributed by atoms with Crippen molar-refractivity contribution >= 4 is 0 Å². The molecular weight excluding hydrogens is 250 g/mol. The maximum absolute atomic E-state index is 6.06. The monoisotopic (exact) mass is 277 g/mol. The summed E-state index contributed by atoms with van der Waals surface area (Å²) < 4.78 is 5.50. The minimum absolute atomic E-state index is 0.243. The zero-order valence-electron chi connectivity index (χ0n) is 12.9. The molecule has 4 nitrogen and oxygen atoms in total. The number of methoxy groups -OCH3 is 1. The van der Waals surface area contributed by atoms with Crippen molar-refractivity contribution in [2.24, 2.45) is 5.73 Å². The number of likely N-dealkylation sites (N-methyl/N-ethyl adjacent to an activating group) is 1. The van der Waals surface area contributed by atoms with Crippen LogP contribution in [-0.4, -0.2) is 55.7 Å². The van der Waals surface area contributed by atoms with E-state index in [1.54, 1.807) is 7.11 Å². The molecule has 0 aliphatic carbocycles. The fourth-order valence-electron chi connectivity index (χ4n) is 3.19. The molecule has 0 amide bonds. The molecule has 0 bridgehead atoms. The molecule has 2 N–H and O–H groups in total. The first-order valence-corrected chi connectivity index (χ1v) is 7.52. The highest BCUT2D eigenvalue weighted by Crippen LogP contribution is 2.30. The molecule has 4 heteroatoms. The highest BCUT2D eigenvalue weighted by molar-refractivity contribution is 5.36. The van der Waals surface area contributed by atoms with E-state index in [1.165, 1.54) is 5.56 Å². The molecular formula is C16H27N3O. The average molecular weight is 277 g/mol. The van der Waals surface area contributed by atoms with Crippen LogP contribution in [0.5, 0.6) is 5.75 Å². The summed E-state index contributed by atoms with van der Waals surface area (Å²) in [5, 5.41) is 0. The Morgan fingerprint density at radius 3 is 2.70 bits per heavy atom. The van der Waals surface area contributed by atoms with E-state index >= 15 is 0 Å². The summed E-state index contributed by atoms with van der Waals surface area (Å²) in [6, 6.07) is 9.04. The van der Waals surface area contributed by atoms with E-state index in [-0.39, 0.29) is 6.04 Å². The Hall–Kier alpha value is -1.10. The van der Waals surface area contributed by atoms with Gasteiger partial charge in [-0.3, -0.25) is 9.80 Å². The predicted octanol–water partition coefficient (Wildman–Crippen LogP) is 1.72. The summed E-state index contributed by atoms with van der Waals surface area (Å²) >= 11 is 0. The van der Waals surface area contributed by atoms with Crippen molar-refractivity contribution in [3.63, 3.8) is 0 Å². The van der Waals surface area contributed by atoms with Crippen LogP contribution < -0.4 is 10.5 Å². The van der Waals surface area contributed by atoms with Gasteiger partial charge in [-0.15, -0.1) is 0 Å². The summed E-state index contributed by atoms with van der Waals surface area (Å²) in [4.78, 5) is 5.01. The van der Waals surface area contributed by atoms with E-state index < -0.39 is 0 Å². The van der Waals surface area contributed by atoms with Crippen LogP contribution in [0.2, 0.25) is 0 Å². The lowest BCUT2D eigenvalue weighted by Gasteiger charge is -2.43. The second-order valence-electron chi connectivity index (χ2n) is 5.47. The third-order valence-electron chi connectivity index (χ3n) is 4.36. The molecule has 112 valence electrons. The lowest BCUT2D eigenvalue weighted by Crippen LogP contribution is -2.53. The third kappa shape index (κ3) is 3.14. The average Bonchev–Trinajstić information content (AvgIpc) is 2.49. The number of benzene rings is 1. The van der Waals surface area contributed by atoms with Crippen molar-refractivity contribution in [1.29, 1.82) is 0 Å². The second kappa shape index (κ2) is 7.07. The molecule has 1 aliphatic heterocycles. The van der Waals surface area contributed by atoms with Gasteiger partial charge in [0.15, 0.2) is 0 Å². The minimum Gasteiger partial charge on any atom is -0.496 e. The maximum atomic E-state index is 6.06. The van der Waals surface area contributed by atoms with Gasteiger partial charge in [-0.1, -0.05) is 25.1 Å². The number of piperazine rings is 1. The minimum atomic E-state index is 0.243. The number of nitrogens with two attached hydrogens (primary N) is 1. The van der Waals surface area contributed by atoms with Crippen LogP contribution in [0.25, 0.3) is 0 Å². The van der Waals surface area contributed by atoms with Crippen LogP contribution in [0.4, 0.5) is 0 Å². The van der Waals surface area contributed by atoms with Crippen molar-refractivity contribution in [1.82, 2.24) is 9.80 Å². The molecule has 0 saturated carbocycles. The van der Waals surface area contributed by atoms with Crippen molar-refractivity contribution in [3.8, 4) is 5.75 Å². The van der Waals surface area contributed by atoms with E-state index in [0.717, 1.165) is 31.9 Å². The van der Waals surface area contributed by atoms with Crippen LogP contribution >= 0.6 is 0 Å². The largest absolute Gasteiger partial charge is 0.496 e. The molecule has 1 aromatic carbocycles. The summed E-state index contributed by atoms with van der Waals surface area (Å²) in [5.74, 6) is 0.938. The number of para-hydroxylation sites is 1. The van der Waals surface area contributed by atoms with Gasteiger partial charge in [0.25, 0.3) is 0 Å². The number of hydrogen-bond acceptors (Lipinski definition) is 4. The molecule has 1 aliphatic rings. The van der Waals surface area contributed by atoms with Crippen LogP contribution in [0.3, 0.4) is 0 Å². The molecule has 0 radical (unpaired) electrons. The Labute approximate surface area is 122 Å². The third-order valence-corrected chi connectivity index (χ3v) is 4.36. The second-order valence-corrected chi connectivity index (χ2v) is 5.47. The first-order chi connectivity index (χ1) is 9.71. The van der Waals surface area contributed by atoms with E-state index in [1.807, 2.05) is 12.1 Å². The van der Waals surface area contributed by atoms with Crippen LogP contribution in [0.15, 0.2) is 24.3 Å². The van der Waals surface area contributed by atoms with Gasteiger partial charge in [-0.2, -0.15) is 0 Å². The van der Waals surface area contributed by atoms with Gasteiger partial charge in [0.1, 0.15) is 5.75 Å². The molecule has 0 aromatic heterocycles. The lowest BCUT2D eigenvalue weighted by atomic mass is 10.0. The smallest absolute Gasteiger partial charge is 0.123 e. The van der Waals surface area contributed by atoms with Crippen LogP contribution in [0, 0.1) is 0 Å². The maximum Gasteiger partial charge on any atom is 0.123 e. The summed E-state index contributed by atoms with van der Waals surface area (Å²) in [6.45, 7) is 9.52. The quantitative estimate of drug-likeness (QED) is 0.890. The fraction of sp³-hybridized carbons (Fsp3) is 0.625. The van der Waals surface area contributed by atoms with Crippen LogP contribution in [0.1, 0.15) is 25.5 Å². The van der Waals surface area contributed by atoms with E-state index in [0.29, 0.717) is 12.6 Å². The van der Waals surface area contributed by atoms with E-state index in [9.17, 15) is 0 Å². The van der Waals surface area contributed by atoms with Crippen molar-refractivity contribution in [2.45, 2.75) is 25.9 Å². The molecule has 0 spiro atoms. The molecule has 2 atom stereocenters. The summed E-state index contributed by atoms with van der Waals surface area (Å²) in [7, 11) is 1.73. The Bertz CT molecular complexity index is 424. The number of hydrogen-bond donors (Lipinski definition) is 1. The number of ether oxygens (including phenoxy) is 1.